The van der Waals surface area contributed by atoms with E-state index in [0.29, 0.717) is 25.9 Å². The van der Waals surface area contributed by atoms with Gasteiger partial charge in [-0.2, -0.15) is 0 Å². The fourth-order valence-electron chi connectivity index (χ4n) is 2.65. The Morgan fingerprint density at radius 3 is 2.41 bits per heavy atom. The van der Waals surface area contributed by atoms with Gasteiger partial charge in [0.2, 0.25) is 5.91 Å². The normalized spacial score (nSPS) is 12.0. The number of carbonyl (C=O) groups is 3. The van der Waals surface area contributed by atoms with E-state index in [-0.39, 0.29) is 23.7 Å². The molecule has 0 saturated heterocycles. The Labute approximate surface area is 172 Å². The first-order chi connectivity index (χ1) is 13.8. The van der Waals surface area contributed by atoms with Crippen LogP contribution >= 0.6 is 0 Å². The van der Waals surface area contributed by atoms with Crippen molar-refractivity contribution in [1.29, 1.82) is 0 Å². The van der Waals surface area contributed by atoms with Gasteiger partial charge in [-0.15, -0.1) is 0 Å². The number of aldehydes is 1. The average molecular weight is 405 g/mol. The third kappa shape index (κ3) is 10.3. The molecule has 1 aromatic carbocycles. The smallest absolute Gasteiger partial charge is 0.314 e. The van der Waals surface area contributed by atoms with Crippen LogP contribution in [0.1, 0.15) is 18.4 Å². The van der Waals surface area contributed by atoms with Crippen LogP contribution in [0.5, 0.6) is 5.75 Å². The van der Waals surface area contributed by atoms with E-state index in [1.54, 1.807) is 19.2 Å². The molecule has 0 aliphatic heterocycles. The molecule has 1 atom stereocenters. The number of rotatable bonds is 12. The molecule has 29 heavy (non-hydrogen) atoms. The monoisotopic (exact) mass is 404 g/mol. The third-order valence-corrected chi connectivity index (χ3v) is 4.54. The molecule has 0 aromatic heterocycles. The van der Waals surface area contributed by atoms with Crippen LogP contribution < -0.4 is 10.6 Å². The minimum absolute atomic E-state index is 0.129. The van der Waals surface area contributed by atoms with Gasteiger partial charge in [0.15, 0.2) is 0 Å². The van der Waals surface area contributed by atoms with Crippen LogP contribution in [0.15, 0.2) is 36.4 Å². The summed E-state index contributed by atoms with van der Waals surface area (Å²) in [6.45, 7) is 1.57. The lowest BCUT2D eigenvalue weighted by molar-refractivity contribution is -0.125. The second-order valence-electron chi connectivity index (χ2n) is 7.09. The van der Waals surface area contributed by atoms with E-state index in [1.165, 1.54) is 17.1 Å². The number of amides is 3. The molecule has 0 radical (unpaired) electrons. The highest BCUT2D eigenvalue weighted by atomic mass is 16.3. The van der Waals surface area contributed by atoms with Crippen molar-refractivity contribution >= 4 is 18.2 Å². The summed E-state index contributed by atoms with van der Waals surface area (Å²) in [4.78, 5) is 37.4. The summed E-state index contributed by atoms with van der Waals surface area (Å²) in [5.74, 6) is 0.0202. The summed E-state index contributed by atoms with van der Waals surface area (Å²) in [6, 6.07) is 6.98. The Morgan fingerprint density at radius 1 is 1.10 bits per heavy atom. The van der Waals surface area contributed by atoms with Gasteiger partial charge >= 0.3 is 6.03 Å². The van der Waals surface area contributed by atoms with Crippen molar-refractivity contribution in [2.45, 2.75) is 25.3 Å². The Kier molecular flexibility index (Phi) is 11.1. The second kappa shape index (κ2) is 13.3. The molecule has 1 unspecified atom stereocenters. The summed E-state index contributed by atoms with van der Waals surface area (Å²) in [5, 5.41) is 15.1. The lowest BCUT2D eigenvalue weighted by Gasteiger charge is -2.25. The Hall–Kier alpha value is -2.87. The van der Waals surface area contributed by atoms with Crippen LogP contribution in [-0.2, 0) is 16.0 Å². The fourth-order valence-corrected chi connectivity index (χ4v) is 2.65. The number of benzene rings is 1. The molecule has 0 bridgehead atoms. The Bertz CT molecular complexity index is 674. The molecular weight excluding hydrogens is 372 g/mol. The molecule has 0 heterocycles. The molecule has 1 aromatic rings. The number of nitrogens with one attached hydrogen (secondary N) is 2. The molecule has 0 fully saturated rings. The number of hydrogen-bond donors (Lipinski definition) is 3. The number of urea groups is 1. The van der Waals surface area contributed by atoms with Crippen molar-refractivity contribution in [3.63, 3.8) is 0 Å². The van der Waals surface area contributed by atoms with Gasteiger partial charge in [0.05, 0.1) is 0 Å². The minimum Gasteiger partial charge on any atom is -0.508 e. The summed E-state index contributed by atoms with van der Waals surface area (Å²) in [6.07, 6.45) is 5.23. The molecule has 8 nitrogen and oxygen atoms in total. The number of hydrogen-bond acceptors (Lipinski definition) is 5. The van der Waals surface area contributed by atoms with Gasteiger partial charge in [-0.25, -0.2) is 4.79 Å². The largest absolute Gasteiger partial charge is 0.508 e. The van der Waals surface area contributed by atoms with Gasteiger partial charge in [0.1, 0.15) is 12.0 Å². The summed E-state index contributed by atoms with van der Waals surface area (Å²) in [5.41, 5.74) is 1.09. The van der Waals surface area contributed by atoms with E-state index in [0.717, 1.165) is 24.8 Å². The van der Waals surface area contributed by atoms with Crippen LogP contribution in [0.3, 0.4) is 0 Å². The molecule has 1 rings (SSSR count). The number of unbranched alkanes of at least 4 members (excludes halogenated alkanes) is 1. The lowest BCUT2D eigenvalue weighted by atomic mass is 10.1. The van der Waals surface area contributed by atoms with E-state index >= 15 is 0 Å². The zero-order valence-corrected chi connectivity index (χ0v) is 17.4. The van der Waals surface area contributed by atoms with E-state index in [1.807, 2.05) is 26.2 Å². The molecule has 0 aliphatic carbocycles. The first-order valence-electron chi connectivity index (χ1n) is 9.66. The molecule has 8 heteroatoms. The summed E-state index contributed by atoms with van der Waals surface area (Å²) < 4.78 is 0. The predicted octanol–water partition coefficient (Wildman–Crippen LogP) is 1.16. The Balaban J connectivity index is 2.25. The highest BCUT2D eigenvalue weighted by molar-refractivity contribution is 5.90. The third-order valence-electron chi connectivity index (χ3n) is 4.54. The molecule has 160 valence electrons. The van der Waals surface area contributed by atoms with Crippen molar-refractivity contribution in [1.82, 2.24) is 20.4 Å². The first kappa shape index (κ1) is 24.2. The minimum atomic E-state index is -0.221. The number of phenols is 1. The van der Waals surface area contributed by atoms with Crippen molar-refractivity contribution < 1.29 is 19.5 Å². The van der Waals surface area contributed by atoms with Gasteiger partial charge in [-0.1, -0.05) is 12.1 Å². The van der Waals surface area contributed by atoms with Gasteiger partial charge in [-0.05, 0) is 57.1 Å². The fraction of sp³-hybridized carbons (Fsp3) is 0.476. The molecule has 3 N–H and O–H groups in total. The van der Waals surface area contributed by atoms with Crippen LogP contribution in [0.2, 0.25) is 0 Å². The average Bonchev–Trinajstić information content (AvgIpc) is 2.69. The van der Waals surface area contributed by atoms with Gasteiger partial charge in [0, 0.05) is 38.8 Å². The zero-order chi connectivity index (χ0) is 21.6. The van der Waals surface area contributed by atoms with Gasteiger partial charge in [-0.3, -0.25) is 9.59 Å². The zero-order valence-electron chi connectivity index (χ0n) is 17.4. The number of nitrogens with zero attached hydrogens (tertiary/aromatic N) is 2. The van der Waals surface area contributed by atoms with E-state index in [9.17, 15) is 19.5 Å². The number of phenolic OH excluding ortho intramolecular Hbond substituents is 1. The van der Waals surface area contributed by atoms with Crippen molar-refractivity contribution in [3.05, 3.63) is 42.0 Å². The van der Waals surface area contributed by atoms with Crippen LogP contribution in [0.25, 0.3) is 0 Å². The summed E-state index contributed by atoms with van der Waals surface area (Å²) >= 11 is 0. The maximum Gasteiger partial charge on any atom is 0.314 e. The topological polar surface area (TPSA) is 102 Å². The predicted molar refractivity (Wildman–Crippen MR) is 113 cm³/mol. The maximum absolute atomic E-state index is 12.0. The van der Waals surface area contributed by atoms with E-state index in [4.69, 9.17) is 0 Å². The first-order valence-corrected chi connectivity index (χ1v) is 9.66. The number of carbonyl (C=O) groups excluding carboxylic acids is 3. The van der Waals surface area contributed by atoms with Crippen molar-refractivity contribution in [2.75, 3.05) is 40.8 Å². The van der Waals surface area contributed by atoms with Crippen LogP contribution in [0.4, 0.5) is 4.79 Å². The maximum atomic E-state index is 12.0. The number of likely N-dealkylation sites (N-methyl/N-ethyl adjacent to an activating group) is 2. The lowest BCUT2D eigenvalue weighted by Crippen LogP contribution is -2.45. The van der Waals surface area contributed by atoms with Gasteiger partial charge in [0.25, 0.3) is 0 Å². The quantitative estimate of drug-likeness (QED) is 0.276. The molecule has 0 saturated carbocycles. The van der Waals surface area contributed by atoms with Gasteiger partial charge < -0.3 is 25.5 Å². The summed E-state index contributed by atoms with van der Waals surface area (Å²) in [7, 11) is 5.60. The highest BCUT2D eigenvalue weighted by Gasteiger charge is 2.13. The Morgan fingerprint density at radius 2 is 1.79 bits per heavy atom. The van der Waals surface area contributed by atoms with E-state index < -0.39 is 0 Å². The SMILES string of the molecule is CN(CCCCNC(=O)NCC(Cc1ccc(O)cc1)N(C)C)C(=O)/C=C\C=O. The van der Waals surface area contributed by atoms with E-state index in [2.05, 4.69) is 15.5 Å². The van der Waals surface area contributed by atoms with Crippen LogP contribution in [-0.4, -0.2) is 79.9 Å². The molecule has 3 amide bonds. The standard InChI is InChI=1S/C21H32N4O4/c1-24(2)18(15-17-8-10-19(27)11-9-17)16-23-21(29)22-12-4-5-13-25(3)20(28)7-6-14-26/h6-11,14,18,27H,4-5,12-13,15-16H2,1-3H3,(H2,22,23,29)/b7-6-. The van der Waals surface area contributed by atoms with Crippen molar-refractivity contribution in [3.8, 4) is 5.75 Å². The molecule has 0 spiro atoms. The number of aromatic hydroxyl groups is 1. The van der Waals surface area contributed by atoms with Crippen LogP contribution in [0, 0.1) is 0 Å². The van der Waals surface area contributed by atoms with Crippen molar-refractivity contribution in [2.24, 2.45) is 0 Å². The molecular formula is C21H32N4O4. The second-order valence-corrected chi connectivity index (χ2v) is 7.09. The number of allylic oxidation sites excluding steroid dienone is 1. The molecule has 0 aliphatic rings. The highest BCUT2D eigenvalue weighted by Crippen LogP contribution is 2.12.